The van der Waals surface area contributed by atoms with Crippen LogP contribution in [0.5, 0.6) is 5.75 Å². The van der Waals surface area contributed by atoms with Crippen molar-refractivity contribution in [2.45, 2.75) is 0 Å². The monoisotopic (exact) mass is 269 g/mol. The van der Waals surface area contributed by atoms with E-state index in [-0.39, 0.29) is 0 Å². The van der Waals surface area contributed by atoms with Crippen molar-refractivity contribution in [2.24, 2.45) is 0 Å². The number of aromatic nitrogens is 2. The minimum Gasteiger partial charge on any atom is -0.495 e. The molecular weight excluding hydrogens is 261 g/mol. The van der Waals surface area contributed by atoms with Gasteiger partial charge in [-0.3, -0.25) is 4.98 Å². The van der Waals surface area contributed by atoms with Crippen molar-refractivity contribution in [1.82, 2.24) is 9.97 Å². The minimum atomic E-state index is 0.351. The molecule has 6 heteroatoms. The molecule has 4 nitrogen and oxygen atoms in total. The Morgan fingerprint density at radius 3 is 2.47 bits per heavy atom. The van der Waals surface area contributed by atoms with Crippen molar-refractivity contribution in [1.29, 1.82) is 0 Å². The molecule has 0 saturated heterocycles. The molecule has 2 N–H and O–H groups in total. The van der Waals surface area contributed by atoms with E-state index in [1.54, 1.807) is 18.3 Å². The van der Waals surface area contributed by atoms with Crippen LogP contribution in [-0.2, 0) is 0 Å². The lowest BCUT2D eigenvalue weighted by atomic mass is 10.1. The van der Waals surface area contributed by atoms with Gasteiger partial charge in [0.1, 0.15) is 11.6 Å². The van der Waals surface area contributed by atoms with Crippen molar-refractivity contribution in [3.05, 3.63) is 34.6 Å². The van der Waals surface area contributed by atoms with Crippen molar-refractivity contribution in [3.8, 4) is 17.0 Å². The van der Waals surface area contributed by atoms with E-state index in [1.165, 1.54) is 13.3 Å². The van der Waals surface area contributed by atoms with Crippen LogP contribution in [0, 0.1) is 0 Å². The highest BCUT2D eigenvalue weighted by Gasteiger charge is 2.10. The molecule has 0 spiro atoms. The largest absolute Gasteiger partial charge is 0.495 e. The predicted molar refractivity (Wildman–Crippen MR) is 68.5 cm³/mol. The van der Waals surface area contributed by atoms with Crippen molar-refractivity contribution in [3.63, 3.8) is 0 Å². The highest BCUT2D eigenvalue weighted by molar-refractivity contribution is 6.36. The number of nitrogens with two attached hydrogens (primary N) is 1. The Morgan fingerprint density at radius 1 is 1.12 bits per heavy atom. The molecule has 1 aromatic carbocycles. The molecule has 0 aliphatic heterocycles. The number of nitrogen functional groups attached to an aromatic ring is 1. The van der Waals surface area contributed by atoms with E-state index in [9.17, 15) is 0 Å². The fourth-order valence-electron chi connectivity index (χ4n) is 1.36. The van der Waals surface area contributed by atoms with E-state index >= 15 is 0 Å². The second-order valence-corrected chi connectivity index (χ2v) is 4.11. The second kappa shape index (κ2) is 4.77. The van der Waals surface area contributed by atoms with Gasteiger partial charge in [-0.2, -0.15) is 0 Å². The highest BCUT2D eigenvalue weighted by atomic mass is 35.5. The molecule has 88 valence electrons. The van der Waals surface area contributed by atoms with Gasteiger partial charge in [-0.25, -0.2) is 4.98 Å². The first-order valence-corrected chi connectivity index (χ1v) is 5.48. The third kappa shape index (κ3) is 2.43. The van der Waals surface area contributed by atoms with E-state index in [0.29, 0.717) is 32.9 Å². The Labute approximate surface area is 108 Å². The molecule has 0 radical (unpaired) electrons. The lowest BCUT2D eigenvalue weighted by molar-refractivity contribution is 0.415. The lowest BCUT2D eigenvalue weighted by Gasteiger charge is -2.08. The molecular formula is C11H9Cl2N3O. The van der Waals surface area contributed by atoms with Crippen molar-refractivity contribution >= 4 is 29.0 Å². The van der Waals surface area contributed by atoms with Gasteiger partial charge in [0.25, 0.3) is 0 Å². The van der Waals surface area contributed by atoms with Gasteiger partial charge in [-0.1, -0.05) is 23.2 Å². The Kier molecular flexibility index (Phi) is 3.36. The van der Waals surface area contributed by atoms with Gasteiger partial charge in [0, 0.05) is 11.6 Å². The Morgan fingerprint density at radius 2 is 1.88 bits per heavy atom. The van der Waals surface area contributed by atoms with Crippen molar-refractivity contribution in [2.75, 3.05) is 12.8 Å². The highest BCUT2D eigenvalue weighted by Crippen LogP contribution is 2.35. The normalized spacial score (nSPS) is 10.3. The molecule has 2 aromatic rings. The van der Waals surface area contributed by atoms with Crippen LogP contribution in [-0.4, -0.2) is 17.1 Å². The van der Waals surface area contributed by atoms with Gasteiger partial charge in [-0.05, 0) is 6.07 Å². The molecule has 0 saturated carbocycles. The average Bonchev–Trinajstić information content (AvgIpc) is 2.33. The SMILES string of the molecule is COc1cc(Cl)c(-c2cnc(N)cn2)cc1Cl. The van der Waals surface area contributed by atoms with Crippen LogP contribution in [0.2, 0.25) is 10.0 Å². The first-order chi connectivity index (χ1) is 8.11. The van der Waals surface area contributed by atoms with Crippen LogP contribution in [0.1, 0.15) is 0 Å². The lowest BCUT2D eigenvalue weighted by Crippen LogP contribution is -1.93. The maximum atomic E-state index is 6.12. The number of benzene rings is 1. The zero-order valence-corrected chi connectivity index (χ0v) is 10.5. The number of nitrogens with zero attached hydrogens (tertiary/aromatic N) is 2. The summed E-state index contributed by atoms with van der Waals surface area (Å²) in [5.74, 6) is 0.869. The number of ether oxygens (including phenoxy) is 1. The third-order valence-electron chi connectivity index (χ3n) is 2.19. The van der Waals surface area contributed by atoms with Crippen LogP contribution < -0.4 is 10.5 Å². The molecule has 0 amide bonds. The summed E-state index contributed by atoms with van der Waals surface area (Å²) >= 11 is 12.1. The summed E-state index contributed by atoms with van der Waals surface area (Å²) in [4.78, 5) is 8.09. The molecule has 0 aliphatic rings. The molecule has 0 aliphatic carbocycles. The molecule has 1 aromatic heterocycles. The molecule has 0 bridgehead atoms. The standard InChI is InChI=1S/C11H9Cl2N3O/c1-17-10-3-7(12)6(2-8(10)13)9-4-16-11(14)5-15-9/h2-5H,1H3,(H2,14,16). The summed E-state index contributed by atoms with van der Waals surface area (Å²) in [5.41, 5.74) is 6.76. The van der Waals surface area contributed by atoms with E-state index in [4.69, 9.17) is 33.7 Å². The molecule has 2 rings (SSSR count). The predicted octanol–water partition coefficient (Wildman–Crippen LogP) is 3.04. The van der Waals surface area contributed by atoms with Gasteiger partial charge < -0.3 is 10.5 Å². The second-order valence-electron chi connectivity index (χ2n) is 3.29. The summed E-state index contributed by atoms with van der Waals surface area (Å²) in [5, 5.41) is 0.954. The molecule has 17 heavy (non-hydrogen) atoms. The van der Waals surface area contributed by atoms with E-state index in [0.717, 1.165) is 0 Å². The van der Waals surface area contributed by atoms with Gasteiger partial charge in [-0.15, -0.1) is 0 Å². The molecule has 0 atom stereocenters. The summed E-state index contributed by atoms with van der Waals surface area (Å²) in [6.07, 6.45) is 3.00. The third-order valence-corrected chi connectivity index (χ3v) is 2.80. The maximum Gasteiger partial charge on any atom is 0.141 e. The number of rotatable bonds is 2. The van der Waals surface area contributed by atoms with Crippen LogP contribution in [0.3, 0.4) is 0 Å². The Balaban J connectivity index is 2.52. The van der Waals surface area contributed by atoms with Gasteiger partial charge in [0.2, 0.25) is 0 Å². The zero-order chi connectivity index (χ0) is 12.4. The average molecular weight is 270 g/mol. The van der Waals surface area contributed by atoms with E-state index in [2.05, 4.69) is 9.97 Å². The number of anilines is 1. The molecule has 1 heterocycles. The van der Waals surface area contributed by atoms with Crippen LogP contribution in [0.4, 0.5) is 5.82 Å². The van der Waals surface area contributed by atoms with Gasteiger partial charge in [0.15, 0.2) is 0 Å². The van der Waals surface area contributed by atoms with E-state index < -0.39 is 0 Å². The summed E-state index contributed by atoms with van der Waals surface area (Å²) in [6.45, 7) is 0. The Hall–Kier alpha value is -1.52. The maximum absolute atomic E-state index is 6.12. The fraction of sp³-hybridized carbons (Fsp3) is 0.0909. The smallest absolute Gasteiger partial charge is 0.141 e. The topological polar surface area (TPSA) is 61.0 Å². The fourth-order valence-corrected chi connectivity index (χ4v) is 1.85. The van der Waals surface area contributed by atoms with E-state index in [1.807, 2.05) is 0 Å². The zero-order valence-electron chi connectivity index (χ0n) is 8.95. The first kappa shape index (κ1) is 12.0. The van der Waals surface area contributed by atoms with Crippen LogP contribution >= 0.6 is 23.2 Å². The van der Waals surface area contributed by atoms with Gasteiger partial charge in [0.05, 0.1) is 35.2 Å². The minimum absolute atomic E-state index is 0.351. The number of hydrogen-bond acceptors (Lipinski definition) is 4. The quantitative estimate of drug-likeness (QED) is 0.911. The number of hydrogen-bond donors (Lipinski definition) is 1. The molecule has 0 fully saturated rings. The summed E-state index contributed by atoms with van der Waals surface area (Å²) in [6, 6.07) is 3.32. The summed E-state index contributed by atoms with van der Waals surface area (Å²) in [7, 11) is 1.53. The van der Waals surface area contributed by atoms with Gasteiger partial charge >= 0.3 is 0 Å². The van der Waals surface area contributed by atoms with Crippen molar-refractivity contribution < 1.29 is 4.74 Å². The number of halogens is 2. The van der Waals surface area contributed by atoms with Crippen LogP contribution in [0.25, 0.3) is 11.3 Å². The van der Waals surface area contributed by atoms with Crippen LogP contribution in [0.15, 0.2) is 24.5 Å². The Bertz CT molecular complexity index is 543. The summed E-state index contributed by atoms with van der Waals surface area (Å²) < 4.78 is 5.06. The first-order valence-electron chi connectivity index (χ1n) is 4.72. The number of methoxy groups -OCH3 is 1. The molecule has 0 unspecified atom stereocenters.